The lowest BCUT2D eigenvalue weighted by molar-refractivity contribution is 0.629. The number of nitrogens with zero attached hydrogens (tertiary/aromatic N) is 1. The van der Waals surface area contributed by atoms with Crippen LogP contribution < -0.4 is 11.1 Å². The molecular weight excluding hydrogens is 217 g/mol. The molecule has 0 radical (unpaired) electrons. The number of anilines is 1. The summed E-state index contributed by atoms with van der Waals surface area (Å²) >= 11 is 5.54. The number of benzene rings is 1. The van der Waals surface area contributed by atoms with Crippen LogP contribution in [-0.4, -0.2) is 12.5 Å². The zero-order chi connectivity index (χ0) is 11.3. The van der Waals surface area contributed by atoms with Gasteiger partial charge in [0.05, 0.1) is 5.02 Å². The Morgan fingerprint density at radius 1 is 1.60 bits per heavy atom. The Hall–Kier alpha value is -1.29. The predicted molar refractivity (Wildman–Crippen MR) is 61.8 cm³/mol. The fraction of sp³-hybridized carbons (Fsp3) is 0.300. The second kappa shape index (κ2) is 5.56. The molecule has 3 N–H and O–H groups in total. The first-order valence-electron chi connectivity index (χ1n) is 4.65. The van der Waals surface area contributed by atoms with Crippen molar-refractivity contribution in [3.8, 4) is 0 Å². The number of rotatable bonds is 3. The lowest BCUT2D eigenvalue weighted by Gasteiger charge is -2.05. The second-order valence-electron chi connectivity index (χ2n) is 3.02. The van der Waals surface area contributed by atoms with E-state index in [1.54, 1.807) is 6.07 Å². The van der Waals surface area contributed by atoms with Gasteiger partial charge >= 0.3 is 0 Å². The zero-order valence-electron chi connectivity index (χ0n) is 8.43. The van der Waals surface area contributed by atoms with Gasteiger partial charge in [0.25, 0.3) is 0 Å². The summed E-state index contributed by atoms with van der Waals surface area (Å²) in [5.74, 6) is -0.205. The molecule has 0 amide bonds. The maximum absolute atomic E-state index is 13.0. The van der Waals surface area contributed by atoms with Crippen molar-refractivity contribution in [3.63, 3.8) is 0 Å². The molecule has 0 fully saturated rings. The van der Waals surface area contributed by atoms with Gasteiger partial charge in [-0.2, -0.15) is 0 Å². The van der Waals surface area contributed by atoms with E-state index >= 15 is 0 Å². The lowest BCUT2D eigenvalue weighted by atomic mass is 10.3. The van der Waals surface area contributed by atoms with Crippen molar-refractivity contribution < 1.29 is 4.39 Å². The van der Waals surface area contributed by atoms with E-state index in [-0.39, 0.29) is 11.0 Å². The molecule has 0 saturated carbocycles. The summed E-state index contributed by atoms with van der Waals surface area (Å²) in [6, 6.07) is 4.38. The van der Waals surface area contributed by atoms with Crippen molar-refractivity contribution in [1.29, 1.82) is 0 Å². The summed E-state index contributed by atoms with van der Waals surface area (Å²) in [5, 5.41) is 2.86. The van der Waals surface area contributed by atoms with Crippen LogP contribution in [0, 0.1) is 5.82 Å². The molecule has 0 aliphatic carbocycles. The first-order valence-corrected chi connectivity index (χ1v) is 5.03. The van der Waals surface area contributed by atoms with Crippen LogP contribution in [0.1, 0.15) is 13.3 Å². The van der Waals surface area contributed by atoms with Crippen LogP contribution in [-0.2, 0) is 0 Å². The van der Waals surface area contributed by atoms with Gasteiger partial charge < -0.3 is 11.1 Å². The van der Waals surface area contributed by atoms with Crippen molar-refractivity contribution in [2.45, 2.75) is 13.3 Å². The Balaban J connectivity index is 2.68. The third-order valence-corrected chi connectivity index (χ3v) is 2.00. The highest BCUT2D eigenvalue weighted by atomic mass is 35.5. The Morgan fingerprint density at radius 2 is 2.33 bits per heavy atom. The van der Waals surface area contributed by atoms with Crippen LogP contribution in [0.5, 0.6) is 0 Å². The van der Waals surface area contributed by atoms with E-state index in [4.69, 9.17) is 17.3 Å². The minimum absolute atomic E-state index is 0.0876. The molecular formula is C10H13ClFN3. The fourth-order valence-corrected chi connectivity index (χ4v) is 1.11. The van der Waals surface area contributed by atoms with Gasteiger partial charge in [-0.1, -0.05) is 18.5 Å². The number of guanidine groups is 1. The molecule has 0 spiro atoms. The summed E-state index contributed by atoms with van der Waals surface area (Å²) in [6.07, 6.45) is 0.914. The van der Waals surface area contributed by atoms with E-state index in [9.17, 15) is 4.39 Å². The van der Waals surface area contributed by atoms with Crippen molar-refractivity contribution in [3.05, 3.63) is 29.0 Å². The molecule has 1 aromatic rings. The van der Waals surface area contributed by atoms with Gasteiger partial charge in [-0.3, -0.25) is 4.99 Å². The van der Waals surface area contributed by atoms with E-state index in [2.05, 4.69) is 10.3 Å². The maximum Gasteiger partial charge on any atom is 0.193 e. The SMILES string of the molecule is CCCN=C(N)Nc1ccc(Cl)c(F)c1. The Kier molecular flexibility index (Phi) is 4.37. The van der Waals surface area contributed by atoms with Crippen LogP contribution in [0.2, 0.25) is 5.02 Å². The molecule has 82 valence electrons. The Bertz CT molecular complexity index is 366. The standard InChI is InChI=1S/C10H13ClFN3/c1-2-5-14-10(13)15-7-3-4-8(11)9(12)6-7/h3-4,6H,2,5H2,1H3,(H3,13,14,15). The van der Waals surface area contributed by atoms with Crippen molar-refractivity contribution in [2.24, 2.45) is 10.7 Å². The Morgan fingerprint density at radius 3 is 2.93 bits per heavy atom. The van der Waals surface area contributed by atoms with Crippen LogP contribution in [0.25, 0.3) is 0 Å². The van der Waals surface area contributed by atoms with Crippen LogP contribution in [0.15, 0.2) is 23.2 Å². The summed E-state index contributed by atoms with van der Waals surface area (Å²) in [5.41, 5.74) is 6.10. The van der Waals surface area contributed by atoms with Crippen molar-refractivity contribution in [1.82, 2.24) is 0 Å². The normalized spacial score (nSPS) is 11.5. The molecule has 3 nitrogen and oxygen atoms in total. The van der Waals surface area contributed by atoms with Crippen LogP contribution in [0.3, 0.4) is 0 Å². The number of hydrogen-bond donors (Lipinski definition) is 2. The lowest BCUT2D eigenvalue weighted by Crippen LogP contribution is -2.22. The monoisotopic (exact) mass is 229 g/mol. The van der Waals surface area contributed by atoms with E-state index < -0.39 is 5.82 Å². The number of hydrogen-bond acceptors (Lipinski definition) is 1. The predicted octanol–water partition coefficient (Wildman–Crippen LogP) is 2.62. The molecule has 0 heterocycles. The highest BCUT2D eigenvalue weighted by molar-refractivity contribution is 6.30. The van der Waals surface area contributed by atoms with Gasteiger partial charge in [0, 0.05) is 12.2 Å². The minimum atomic E-state index is -0.482. The largest absolute Gasteiger partial charge is 0.370 e. The first kappa shape index (κ1) is 11.8. The average Bonchev–Trinajstić information content (AvgIpc) is 2.20. The van der Waals surface area contributed by atoms with E-state index in [1.165, 1.54) is 12.1 Å². The van der Waals surface area contributed by atoms with Gasteiger partial charge in [-0.05, 0) is 24.6 Å². The van der Waals surface area contributed by atoms with Crippen molar-refractivity contribution >= 4 is 23.2 Å². The van der Waals surface area contributed by atoms with Crippen LogP contribution >= 0.6 is 11.6 Å². The highest BCUT2D eigenvalue weighted by Gasteiger charge is 2.01. The highest BCUT2D eigenvalue weighted by Crippen LogP contribution is 2.18. The van der Waals surface area contributed by atoms with Gasteiger partial charge in [0.1, 0.15) is 5.82 Å². The van der Waals surface area contributed by atoms with E-state index in [0.29, 0.717) is 12.2 Å². The molecule has 0 unspecified atom stereocenters. The number of aliphatic imine (C=N–C) groups is 1. The topological polar surface area (TPSA) is 50.4 Å². The van der Waals surface area contributed by atoms with Gasteiger partial charge in [0.15, 0.2) is 5.96 Å². The first-order chi connectivity index (χ1) is 7.13. The number of nitrogens with one attached hydrogen (secondary N) is 1. The molecule has 15 heavy (non-hydrogen) atoms. The average molecular weight is 230 g/mol. The third-order valence-electron chi connectivity index (χ3n) is 1.70. The molecule has 0 aliphatic rings. The molecule has 0 atom stereocenters. The van der Waals surface area contributed by atoms with Crippen molar-refractivity contribution in [2.75, 3.05) is 11.9 Å². The van der Waals surface area contributed by atoms with Gasteiger partial charge in [0.2, 0.25) is 0 Å². The van der Waals surface area contributed by atoms with Gasteiger partial charge in [-0.25, -0.2) is 4.39 Å². The minimum Gasteiger partial charge on any atom is -0.370 e. The molecule has 1 rings (SSSR count). The summed E-state index contributed by atoms with van der Waals surface area (Å²) in [6.45, 7) is 2.65. The zero-order valence-corrected chi connectivity index (χ0v) is 9.18. The molecule has 1 aromatic carbocycles. The molecule has 0 bridgehead atoms. The number of halogens is 2. The summed E-state index contributed by atoms with van der Waals surface area (Å²) < 4.78 is 13.0. The molecule has 0 aliphatic heterocycles. The summed E-state index contributed by atoms with van der Waals surface area (Å²) in [4.78, 5) is 4.02. The number of nitrogens with two attached hydrogens (primary N) is 1. The van der Waals surface area contributed by atoms with E-state index in [0.717, 1.165) is 6.42 Å². The molecule has 0 saturated heterocycles. The third kappa shape index (κ3) is 3.75. The van der Waals surface area contributed by atoms with Crippen LogP contribution in [0.4, 0.5) is 10.1 Å². The molecule has 0 aromatic heterocycles. The Labute approximate surface area is 93.1 Å². The maximum atomic E-state index is 13.0. The second-order valence-corrected chi connectivity index (χ2v) is 3.43. The summed E-state index contributed by atoms with van der Waals surface area (Å²) in [7, 11) is 0. The quantitative estimate of drug-likeness (QED) is 0.618. The smallest absolute Gasteiger partial charge is 0.193 e. The molecule has 5 heteroatoms. The van der Waals surface area contributed by atoms with E-state index in [1.807, 2.05) is 6.92 Å². The fourth-order valence-electron chi connectivity index (χ4n) is 0.994. The van der Waals surface area contributed by atoms with Gasteiger partial charge in [-0.15, -0.1) is 0 Å².